The van der Waals surface area contributed by atoms with E-state index < -0.39 is 11.9 Å². The molecule has 0 atom stereocenters. The van der Waals surface area contributed by atoms with Gasteiger partial charge in [-0.1, -0.05) is 107 Å². The number of aryl methyl sites for hydroxylation is 1. The molecule has 0 nitrogen and oxygen atoms in total. The number of rotatable bonds is 11. The standard InChI is InChI=1S/C28H43F3Si/c1-2-3-6-19-32-20-17-25(18-21-32)24-13-9-22(10-14-24)7-4-5-8-23-11-15-26(16-12-23)27(29)28(30)31/h11-12,15-16,22,24-25,32H,2-10,13-14,17-21H2,1H3/t22-,24-,25-,32-. The molecule has 0 amide bonds. The van der Waals surface area contributed by atoms with Crippen LogP contribution in [0.25, 0.3) is 5.83 Å². The summed E-state index contributed by atoms with van der Waals surface area (Å²) in [7, 11) is -0.375. The minimum atomic E-state index is -2.25. The highest BCUT2D eigenvalue weighted by Crippen LogP contribution is 2.42. The smallest absolute Gasteiger partial charge is 0.200 e. The predicted octanol–water partition coefficient (Wildman–Crippen LogP) is 9.57. The Morgan fingerprint density at radius 3 is 2.09 bits per heavy atom. The van der Waals surface area contributed by atoms with E-state index in [2.05, 4.69) is 6.92 Å². The first kappa shape index (κ1) is 25.6. The molecule has 0 spiro atoms. The third-order valence-corrected chi connectivity index (χ3v) is 11.9. The number of hydrogen-bond donors (Lipinski definition) is 0. The van der Waals surface area contributed by atoms with E-state index in [-0.39, 0.29) is 14.4 Å². The van der Waals surface area contributed by atoms with Crippen LogP contribution in [0.1, 0.15) is 95.1 Å². The average Bonchev–Trinajstić information content (AvgIpc) is 2.83. The molecule has 0 N–H and O–H groups in total. The third kappa shape index (κ3) is 8.08. The first-order valence-electron chi connectivity index (χ1n) is 13.4. The summed E-state index contributed by atoms with van der Waals surface area (Å²) in [6.07, 6.45) is 15.6. The van der Waals surface area contributed by atoms with Crippen LogP contribution in [0.5, 0.6) is 0 Å². The van der Waals surface area contributed by atoms with Gasteiger partial charge in [0, 0.05) is 14.4 Å². The largest absolute Gasteiger partial charge is 0.306 e. The molecule has 1 saturated heterocycles. The van der Waals surface area contributed by atoms with Gasteiger partial charge in [0.15, 0.2) is 5.83 Å². The predicted molar refractivity (Wildman–Crippen MR) is 134 cm³/mol. The molecule has 1 aliphatic heterocycles. The normalized spacial score (nSPS) is 26.1. The van der Waals surface area contributed by atoms with E-state index in [0.717, 1.165) is 36.2 Å². The molecule has 1 saturated carbocycles. The van der Waals surface area contributed by atoms with Crippen LogP contribution in [0.3, 0.4) is 0 Å². The van der Waals surface area contributed by atoms with Crippen LogP contribution in [0.2, 0.25) is 18.1 Å². The minimum Gasteiger partial charge on any atom is -0.200 e. The van der Waals surface area contributed by atoms with E-state index >= 15 is 0 Å². The van der Waals surface area contributed by atoms with Gasteiger partial charge in [-0.3, -0.25) is 0 Å². The summed E-state index contributed by atoms with van der Waals surface area (Å²) < 4.78 is 37.9. The maximum atomic E-state index is 13.3. The molecule has 1 aliphatic carbocycles. The molecule has 4 heteroatoms. The quantitative estimate of drug-likeness (QED) is 0.226. The van der Waals surface area contributed by atoms with Crippen LogP contribution >= 0.6 is 0 Å². The summed E-state index contributed by atoms with van der Waals surface area (Å²) in [5.41, 5.74) is 1.08. The van der Waals surface area contributed by atoms with Crippen LogP contribution in [-0.4, -0.2) is 8.80 Å². The highest BCUT2D eigenvalue weighted by atomic mass is 28.3. The van der Waals surface area contributed by atoms with Crippen molar-refractivity contribution in [2.24, 2.45) is 17.8 Å². The Morgan fingerprint density at radius 2 is 1.47 bits per heavy atom. The number of benzene rings is 1. The maximum Gasteiger partial charge on any atom is 0.306 e. The lowest BCUT2D eigenvalue weighted by Gasteiger charge is -2.37. The topological polar surface area (TPSA) is 0 Å². The van der Waals surface area contributed by atoms with Crippen molar-refractivity contribution in [3.63, 3.8) is 0 Å². The Hall–Kier alpha value is -1.03. The third-order valence-electron chi connectivity index (χ3n) is 8.37. The van der Waals surface area contributed by atoms with Crippen molar-refractivity contribution in [2.45, 2.75) is 109 Å². The zero-order chi connectivity index (χ0) is 22.8. The van der Waals surface area contributed by atoms with Gasteiger partial charge in [0.25, 0.3) is 0 Å². The summed E-state index contributed by atoms with van der Waals surface area (Å²) in [4.78, 5) is 0. The van der Waals surface area contributed by atoms with Gasteiger partial charge in [0.1, 0.15) is 0 Å². The van der Waals surface area contributed by atoms with Gasteiger partial charge in [-0.15, -0.1) is 0 Å². The zero-order valence-corrected chi connectivity index (χ0v) is 21.2. The second kappa shape index (κ2) is 13.6. The van der Waals surface area contributed by atoms with Gasteiger partial charge in [0.05, 0.1) is 0 Å². The van der Waals surface area contributed by atoms with E-state index in [9.17, 15) is 13.2 Å². The Kier molecular flexibility index (Phi) is 10.9. The van der Waals surface area contributed by atoms with Crippen LogP contribution < -0.4 is 0 Å². The SMILES string of the molecule is CCCCC[Si@H]1CC[C@H]([C@H]2CC[C@H](CCCCc3ccc(C(F)=C(F)F)cc3)CC2)CC1. The molecule has 0 bridgehead atoms. The number of unbranched alkanes of at least 4 members (excludes halogenated alkanes) is 3. The van der Waals surface area contributed by atoms with Crippen LogP contribution in [-0.2, 0) is 6.42 Å². The fraction of sp³-hybridized carbons (Fsp3) is 0.714. The van der Waals surface area contributed by atoms with Crippen molar-refractivity contribution in [2.75, 3.05) is 0 Å². The molecule has 0 unspecified atom stereocenters. The number of hydrogen-bond acceptors (Lipinski definition) is 0. The Labute approximate surface area is 195 Å². The van der Waals surface area contributed by atoms with Crippen molar-refractivity contribution < 1.29 is 13.2 Å². The number of halogens is 3. The van der Waals surface area contributed by atoms with Crippen molar-refractivity contribution in [3.8, 4) is 0 Å². The average molecular weight is 465 g/mol. The maximum absolute atomic E-state index is 13.3. The summed E-state index contributed by atoms with van der Waals surface area (Å²) in [5, 5.41) is 0. The minimum absolute atomic E-state index is 0.0298. The first-order chi connectivity index (χ1) is 15.6. The molecule has 1 heterocycles. The second-order valence-electron chi connectivity index (χ2n) is 10.6. The summed E-state index contributed by atoms with van der Waals surface area (Å²) in [6, 6.07) is 11.4. The molecule has 3 rings (SSSR count). The van der Waals surface area contributed by atoms with E-state index in [0.29, 0.717) is 0 Å². The van der Waals surface area contributed by atoms with Gasteiger partial charge >= 0.3 is 6.08 Å². The first-order valence-corrected chi connectivity index (χ1v) is 15.8. The molecular weight excluding hydrogens is 421 g/mol. The molecule has 1 aromatic rings. The molecule has 32 heavy (non-hydrogen) atoms. The monoisotopic (exact) mass is 464 g/mol. The molecule has 2 fully saturated rings. The second-order valence-corrected chi connectivity index (χ2v) is 14.0. The Morgan fingerprint density at radius 1 is 0.812 bits per heavy atom. The molecule has 0 aromatic heterocycles. The van der Waals surface area contributed by atoms with E-state index in [1.165, 1.54) is 69.9 Å². The Bertz CT molecular complexity index is 679. The fourth-order valence-corrected chi connectivity index (χ4v) is 9.80. The molecular formula is C28H43F3Si. The van der Waals surface area contributed by atoms with E-state index in [1.807, 2.05) is 0 Å². The van der Waals surface area contributed by atoms with Crippen LogP contribution in [0, 0.1) is 17.8 Å². The lowest BCUT2D eigenvalue weighted by Crippen LogP contribution is -2.28. The fourth-order valence-electron chi connectivity index (χ4n) is 6.27. The lowest BCUT2D eigenvalue weighted by atomic mass is 9.73. The summed E-state index contributed by atoms with van der Waals surface area (Å²) >= 11 is 0. The van der Waals surface area contributed by atoms with Gasteiger partial charge < -0.3 is 0 Å². The van der Waals surface area contributed by atoms with Crippen molar-refractivity contribution in [3.05, 3.63) is 41.5 Å². The van der Waals surface area contributed by atoms with Crippen molar-refractivity contribution in [1.29, 1.82) is 0 Å². The zero-order valence-electron chi connectivity index (χ0n) is 20.1. The van der Waals surface area contributed by atoms with Gasteiger partial charge in [-0.05, 0) is 49.0 Å². The summed E-state index contributed by atoms with van der Waals surface area (Å²) in [5.74, 6) is 1.55. The highest BCUT2D eigenvalue weighted by Gasteiger charge is 2.30. The molecule has 180 valence electrons. The van der Waals surface area contributed by atoms with E-state index in [4.69, 9.17) is 0 Å². The summed E-state index contributed by atoms with van der Waals surface area (Å²) in [6.45, 7) is 2.32. The van der Waals surface area contributed by atoms with Crippen molar-refractivity contribution >= 4 is 14.6 Å². The lowest BCUT2D eigenvalue weighted by molar-refractivity contribution is 0.184. The van der Waals surface area contributed by atoms with Crippen LogP contribution in [0.15, 0.2) is 30.3 Å². The van der Waals surface area contributed by atoms with Crippen molar-refractivity contribution in [1.82, 2.24) is 0 Å². The Balaban J connectivity index is 1.27. The van der Waals surface area contributed by atoms with E-state index in [1.54, 1.807) is 43.1 Å². The van der Waals surface area contributed by atoms with Gasteiger partial charge in [-0.25, -0.2) is 4.39 Å². The highest BCUT2D eigenvalue weighted by molar-refractivity contribution is 6.58. The van der Waals surface area contributed by atoms with Gasteiger partial charge in [0.2, 0.25) is 0 Å². The molecule has 1 aromatic carbocycles. The molecule has 0 radical (unpaired) electrons. The van der Waals surface area contributed by atoms with Crippen LogP contribution in [0.4, 0.5) is 13.2 Å². The van der Waals surface area contributed by atoms with Gasteiger partial charge in [-0.2, -0.15) is 8.78 Å². The molecule has 2 aliphatic rings.